The highest BCUT2D eigenvalue weighted by atomic mass is 16.5. The summed E-state index contributed by atoms with van der Waals surface area (Å²) >= 11 is 0. The van der Waals surface area contributed by atoms with E-state index in [-0.39, 0.29) is 5.91 Å². The van der Waals surface area contributed by atoms with Crippen LogP contribution in [0.5, 0.6) is 5.88 Å². The van der Waals surface area contributed by atoms with Crippen molar-refractivity contribution in [1.82, 2.24) is 34.7 Å². The summed E-state index contributed by atoms with van der Waals surface area (Å²) < 4.78 is 5.43. The fourth-order valence-corrected chi connectivity index (χ4v) is 5.64. The molecule has 1 aliphatic rings. The quantitative estimate of drug-likeness (QED) is 0.224. The van der Waals surface area contributed by atoms with Gasteiger partial charge in [-0.3, -0.25) is 4.79 Å². The van der Waals surface area contributed by atoms with Crippen molar-refractivity contribution in [2.24, 2.45) is 0 Å². The summed E-state index contributed by atoms with van der Waals surface area (Å²) in [4.78, 5) is 38.4. The van der Waals surface area contributed by atoms with Crippen molar-refractivity contribution in [3.05, 3.63) is 90.1 Å². The topological polar surface area (TPSA) is 115 Å². The lowest BCUT2D eigenvalue weighted by molar-refractivity contribution is 0.102. The minimum absolute atomic E-state index is 0.171. The molecule has 1 saturated heterocycles. The molecule has 0 bridgehead atoms. The van der Waals surface area contributed by atoms with Crippen molar-refractivity contribution in [2.75, 3.05) is 52.2 Å². The number of fused-ring (bicyclic) bond motifs is 2. The van der Waals surface area contributed by atoms with E-state index in [0.29, 0.717) is 23.1 Å². The molecule has 3 aromatic heterocycles. The number of methoxy groups -OCH3 is 1. The predicted molar refractivity (Wildman–Crippen MR) is 173 cm³/mol. The number of pyridine rings is 1. The fraction of sp³-hybridized carbons (Fsp3) is 0.235. The molecule has 0 saturated carbocycles. The molecule has 0 aliphatic carbocycles. The van der Waals surface area contributed by atoms with Gasteiger partial charge in [0.25, 0.3) is 5.91 Å². The molecule has 222 valence electrons. The van der Waals surface area contributed by atoms with Crippen LogP contribution in [0.3, 0.4) is 0 Å². The molecule has 10 heteroatoms. The number of aromatic nitrogens is 5. The first kappa shape index (κ1) is 27.8. The molecule has 0 atom stereocenters. The maximum absolute atomic E-state index is 13.1. The number of anilines is 1. The Bertz CT molecular complexity index is 1940. The Kier molecular flexibility index (Phi) is 7.51. The summed E-state index contributed by atoms with van der Waals surface area (Å²) in [6.07, 6.45) is 2.71. The first-order valence-corrected chi connectivity index (χ1v) is 14.8. The second kappa shape index (κ2) is 11.9. The molecule has 0 spiro atoms. The number of piperazine rings is 1. The third-order valence-electron chi connectivity index (χ3n) is 8.25. The zero-order chi connectivity index (χ0) is 30.0. The molecule has 3 aromatic carbocycles. The molecule has 4 heterocycles. The van der Waals surface area contributed by atoms with E-state index in [1.807, 2.05) is 54.6 Å². The largest absolute Gasteiger partial charge is 0.481 e. The SMILES string of the molecule is COc1ncccc1-c1ccc2nc(-c3nc4ccc(C(=O)Nc5ccc(CCN6CCN(C)CC6)cc5)cc4[nH]3)[nH]c2c1. The Morgan fingerprint density at radius 1 is 0.886 bits per heavy atom. The summed E-state index contributed by atoms with van der Waals surface area (Å²) in [5.41, 5.74) is 7.66. The number of nitrogens with zero attached hydrogens (tertiary/aromatic N) is 5. The van der Waals surface area contributed by atoms with Crippen LogP contribution in [0.15, 0.2) is 79.0 Å². The van der Waals surface area contributed by atoms with Gasteiger partial charge < -0.3 is 29.8 Å². The number of rotatable bonds is 8. The lowest BCUT2D eigenvalue weighted by Gasteiger charge is -2.32. The number of aromatic amines is 2. The highest BCUT2D eigenvalue weighted by molar-refractivity contribution is 6.06. The maximum atomic E-state index is 13.1. The van der Waals surface area contributed by atoms with Crippen molar-refractivity contribution in [1.29, 1.82) is 0 Å². The van der Waals surface area contributed by atoms with E-state index in [2.05, 4.69) is 49.2 Å². The van der Waals surface area contributed by atoms with Crippen molar-refractivity contribution in [3.63, 3.8) is 0 Å². The first-order valence-electron chi connectivity index (χ1n) is 14.8. The fourth-order valence-electron chi connectivity index (χ4n) is 5.64. The van der Waals surface area contributed by atoms with Crippen molar-refractivity contribution in [2.45, 2.75) is 6.42 Å². The van der Waals surface area contributed by atoms with Crippen LogP contribution in [0.25, 0.3) is 44.8 Å². The van der Waals surface area contributed by atoms with E-state index in [4.69, 9.17) is 14.7 Å². The van der Waals surface area contributed by atoms with Gasteiger partial charge in [-0.15, -0.1) is 0 Å². The summed E-state index contributed by atoms with van der Waals surface area (Å²) in [5, 5.41) is 3.02. The molecular weight excluding hydrogens is 552 g/mol. The van der Waals surface area contributed by atoms with Gasteiger partial charge in [0, 0.05) is 55.7 Å². The standard InChI is InChI=1S/C34H34N8O2/c1-41-16-18-42(19-17-41)15-13-22-5-9-25(10-6-22)36-33(43)24-8-12-28-30(21-24)40-32(38-28)31-37-27-11-7-23(20-29(27)39-31)26-4-3-14-35-34(26)44-2/h3-12,14,20-21H,13,15-19H2,1-2H3,(H,36,43)(H,37,39)(H,38,40). The molecule has 7 rings (SSSR count). The number of benzene rings is 3. The number of likely N-dealkylation sites (N-methyl/N-ethyl adjacent to an activating group) is 1. The van der Waals surface area contributed by atoms with Gasteiger partial charge in [-0.05, 0) is 79.2 Å². The van der Waals surface area contributed by atoms with Gasteiger partial charge in [-0.1, -0.05) is 18.2 Å². The number of carbonyl (C=O) groups excluding carboxylic acids is 1. The maximum Gasteiger partial charge on any atom is 0.255 e. The summed E-state index contributed by atoms with van der Waals surface area (Å²) in [5.74, 6) is 1.61. The van der Waals surface area contributed by atoms with E-state index >= 15 is 0 Å². The Balaban J connectivity index is 1.03. The van der Waals surface area contributed by atoms with Crippen LogP contribution in [-0.2, 0) is 6.42 Å². The van der Waals surface area contributed by atoms with Crippen LogP contribution >= 0.6 is 0 Å². The average molecular weight is 587 g/mol. The Morgan fingerprint density at radius 3 is 2.32 bits per heavy atom. The zero-order valence-corrected chi connectivity index (χ0v) is 24.8. The van der Waals surface area contributed by atoms with Gasteiger partial charge in [-0.2, -0.15) is 0 Å². The number of nitrogens with one attached hydrogen (secondary N) is 3. The molecule has 0 unspecified atom stereocenters. The Morgan fingerprint density at radius 2 is 1.59 bits per heavy atom. The third-order valence-corrected chi connectivity index (χ3v) is 8.25. The number of hydrogen-bond acceptors (Lipinski definition) is 7. The van der Waals surface area contributed by atoms with Gasteiger partial charge in [0.2, 0.25) is 5.88 Å². The molecule has 44 heavy (non-hydrogen) atoms. The molecule has 1 aliphatic heterocycles. The van der Waals surface area contributed by atoms with Crippen molar-refractivity contribution < 1.29 is 9.53 Å². The van der Waals surface area contributed by atoms with Crippen molar-refractivity contribution in [3.8, 4) is 28.7 Å². The first-order chi connectivity index (χ1) is 21.5. The highest BCUT2D eigenvalue weighted by Gasteiger charge is 2.16. The number of H-pyrrole nitrogens is 2. The van der Waals surface area contributed by atoms with E-state index < -0.39 is 0 Å². The van der Waals surface area contributed by atoms with Crippen LogP contribution in [-0.4, -0.2) is 87.5 Å². The molecule has 0 radical (unpaired) electrons. The van der Waals surface area contributed by atoms with Gasteiger partial charge in [0.15, 0.2) is 11.6 Å². The van der Waals surface area contributed by atoms with E-state index in [1.54, 1.807) is 19.4 Å². The Labute approximate surface area is 255 Å². The van der Waals surface area contributed by atoms with E-state index in [1.165, 1.54) is 5.56 Å². The van der Waals surface area contributed by atoms with Crippen LogP contribution < -0.4 is 10.1 Å². The average Bonchev–Trinajstić information content (AvgIpc) is 3.69. The second-order valence-electron chi connectivity index (χ2n) is 11.2. The van der Waals surface area contributed by atoms with Gasteiger partial charge in [-0.25, -0.2) is 15.0 Å². The van der Waals surface area contributed by atoms with Crippen LogP contribution in [0.1, 0.15) is 15.9 Å². The van der Waals surface area contributed by atoms with Crippen molar-refractivity contribution >= 4 is 33.7 Å². The summed E-state index contributed by atoms with van der Waals surface area (Å²) in [7, 11) is 3.79. The lowest BCUT2D eigenvalue weighted by atomic mass is 10.1. The van der Waals surface area contributed by atoms with Gasteiger partial charge >= 0.3 is 0 Å². The van der Waals surface area contributed by atoms with Crippen LogP contribution in [0.2, 0.25) is 0 Å². The molecule has 1 amide bonds. The van der Waals surface area contributed by atoms with Gasteiger partial charge in [0.1, 0.15) is 0 Å². The lowest BCUT2D eigenvalue weighted by Crippen LogP contribution is -2.45. The minimum atomic E-state index is -0.171. The Hall–Kier alpha value is -5.06. The number of imidazole rings is 2. The molecule has 1 fully saturated rings. The summed E-state index contributed by atoms with van der Waals surface area (Å²) in [6.45, 7) is 5.55. The molecule has 10 nitrogen and oxygen atoms in total. The smallest absolute Gasteiger partial charge is 0.255 e. The minimum Gasteiger partial charge on any atom is -0.481 e. The van der Waals surface area contributed by atoms with Crippen LogP contribution in [0.4, 0.5) is 5.69 Å². The normalized spacial score (nSPS) is 14.3. The third kappa shape index (κ3) is 5.77. The number of amides is 1. The second-order valence-corrected chi connectivity index (χ2v) is 11.2. The van der Waals surface area contributed by atoms with Gasteiger partial charge in [0.05, 0.1) is 29.2 Å². The predicted octanol–water partition coefficient (Wildman–Crippen LogP) is 5.22. The van der Waals surface area contributed by atoms with Crippen LogP contribution in [0, 0.1) is 0 Å². The number of ether oxygens (including phenoxy) is 1. The highest BCUT2D eigenvalue weighted by Crippen LogP contribution is 2.30. The van der Waals surface area contributed by atoms with E-state index in [0.717, 1.165) is 78.0 Å². The summed E-state index contributed by atoms with van der Waals surface area (Å²) in [6, 6.07) is 23.4. The zero-order valence-electron chi connectivity index (χ0n) is 24.8. The van der Waals surface area contributed by atoms with E-state index in [9.17, 15) is 4.79 Å². The molecule has 6 aromatic rings. The molecule has 3 N–H and O–H groups in total. The molecular formula is C34H34N8O2. The number of hydrogen-bond donors (Lipinski definition) is 3. The number of carbonyl (C=O) groups is 1. The monoisotopic (exact) mass is 586 g/mol.